The predicted octanol–water partition coefficient (Wildman–Crippen LogP) is 3.05. The SMILES string of the molecule is CCNC(=NCCCOCCOC)NC1CC1c1c(F)cccc1F.I. The number of aliphatic imine (C=N–C) groups is 1. The Kier molecular flexibility index (Phi) is 11.0. The van der Waals surface area contributed by atoms with Gasteiger partial charge in [-0.2, -0.15) is 0 Å². The number of rotatable bonds is 10. The Bertz CT molecular complexity index is 555. The van der Waals surface area contributed by atoms with Gasteiger partial charge in [-0.15, -0.1) is 24.0 Å². The van der Waals surface area contributed by atoms with Gasteiger partial charge in [0.2, 0.25) is 0 Å². The third-order valence-corrected chi connectivity index (χ3v) is 3.98. The molecule has 26 heavy (non-hydrogen) atoms. The fourth-order valence-electron chi connectivity index (χ4n) is 2.64. The molecule has 2 atom stereocenters. The van der Waals surface area contributed by atoms with Gasteiger partial charge in [0, 0.05) is 44.3 Å². The number of nitrogens with one attached hydrogen (secondary N) is 2. The summed E-state index contributed by atoms with van der Waals surface area (Å²) in [4.78, 5) is 4.48. The largest absolute Gasteiger partial charge is 0.382 e. The van der Waals surface area contributed by atoms with E-state index >= 15 is 0 Å². The molecule has 1 aromatic carbocycles. The Hall–Kier alpha value is -1.000. The van der Waals surface area contributed by atoms with Crippen LogP contribution in [0.4, 0.5) is 8.78 Å². The van der Waals surface area contributed by atoms with Crippen LogP contribution in [-0.2, 0) is 9.47 Å². The van der Waals surface area contributed by atoms with Crippen LogP contribution in [0.3, 0.4) is 0 Å². The van der Waals surface area contributed by atoms with E-state index < -0.39 is 11.6 Å². The van der Waals surface area contributed by atoms with Crippen molar-refractivity contribution in [3.63, 3.8) is 0 Å². The third kappa shape index (κ3) is 7.32. The number of nitrogens with zero attached hydrogens (tertiary/aromatic N) is 1. The van der Waals surface area contributed by atoms with Gasteiger partial charge in [0.15, 0.2) is 5.96 Å². The lowest BCUT2D eigenvalue weighted by Crippen LogP contribution is -2.39. The highest BCUT2D eigenvalue weighted by Gasteiger charge is 2.42. The van der Waals surface area contributed by atoms with Crippen LogP contribution in [0.5, 0.6) is 0 Å². The molecule has 1 aliphatic rings. The molecule has 2 N–H and O–H groups in total. The lowest BCUT2D eigenvalue weighted by atomic mass is 10.1. The van der Waals surface area contributed by atoms with Crippen LogP contribution in [-0.4, -0.2) is 52.0 Å². The quantitative estimate of drug-likeness (QED) is 0.233. The van der Waals surface area contributed by atoms with Gasteiger partial charge in [0.05, 0.1) is 13.2 Å². The minimum Gasteiger partial charge on any atom is -0.382 e. The number of guanidine groups is 1. The maximum Gasteiger partial charge on any atom is 0.191 e. The van der Waals surface area contributed by atoms with Gasteiger partial charge in [-0.3, -0.25) is 4.99 Å². The molecule has 0 radical (unpaired) electrons. The van der Waals surface area contributed by atoms with E-state index in [-0.39, 0.29) is 41.5 Å². The van der Waals surface area contributed by atoms with Crippen molar-refractivity contribution in [2.45, 2.75) is 31.7 Å². The molecule has 0 bridgehead atoms. The molecule has 1 aromatic rings. The van der Waals surface area contributed by atoms with Gasteiger partial charge in [-0.25, -0.2) is 8.78 Å². The van der Waals surface area contributed by atoms with E-state index in [1.54, 1.807) is 7.11 Å². The molecule has 148 valence electrons. The van der Waals surface area contributed by atoms with E-state index in [1.807, 2.05) is 6.92 Å². The molecular weight excluding hydrogens is 455 g/mol. The number of hydrogen-bond acceptors (Lipinski definition) is 3. The number of ether oxygens (including phenoxy) is 2. The first-order valence-corrected chi connectivity index (χ1v) is 8.72. The number of methoxy groups -OCH3 is 1. The predicted molar refractivity (Wildman–Crippen MR) is 109 cm³/mol. The zero-order valence-corrected chi connectivity index (χ0v) is 17.6. The van der Waals surface area contributed by atoms with E-state index in [0.29, 0.717) is 38.7 Å². The molecule has 8 heteroatoms. The summed E-state index contributed by atoms with van der Waals surface area (Å²) in [6.07, 6.45) is 1.50. The van der Waals surface area contributed by atoms with Gasteiger partial charge in [0.25, 0.3) is 0 Å². The Morgan fingerprint density at radius 3 is 2.62 bits per heavy atom. The molecule has 2 unspecified atom stereocenters. The van der Waals surface area contributed by atoms with Crippen molar-refractivity contribution in [3.05, 3.63) is 35.4 Å². The molecular formula is C18H28F2IN3O2. The Labute approximate surface area is 171 Å². The highest BCUT2D eigenvalue weighted by atomic mass is 127. The van der Waals surface area contributed by atoms with Gasteiger partial charge in [-0.05, 0) is 31.9 Å². The maximum absolute atomic E-state index is 13.8. The summed E-state index contributed by atoms with van der Waals surface area (Å²) in [6.45, 7) is 5.11. The fraction of sp³-hybridized carbons (Fsp3) is 0.611. The summed E-state index contributed by atoms with van der Waals surface area (Å²) in [5.41, 5.74) is 0.169. The van der Waals surface area contributed by atoms with E-state index in [4.69, 9.17) is 9.47 Å². The van der Waals surface area contributed by atoms with Crippen molar-refractivity contribution < 1.29 is 18.3 Å². The van der Waals surface area contributed by atoms with Crippen LogP contribution in [0.1, 0.15) is 31.2 Å². The highest BCUT2D eigenvalue weighted by Crippen LogP contribution is 2.42. The maximum atomic E-state index is 13.8. The molecule has 0 spiro atoms. The van der Waals surface area contributed by atoms with E-state index in [0.717, 1.165) is 13.0 Å². The number of hydrogen-bond donors (Lipinski definition) is 2. The molecule has 0 aliphatic heterocycles. The number of halogens is 3. The summed E-state index contributed by atoms with van der Waals surface area (Å²) in [5, 5.41) is 6.41. The highest BCUT2D eigenvalue weighted by molar-refractivity contribution is 14.0. The van der Waals surface area contributed by atoms with Crippen molar-refractivity contribution in [2.75, 3.05) is 40.0 Å². The third-order valence-electron chi connectivity index (χ3n) is 3.98. The average Bonchev–Trinajstić information content (AvgIpc) is 3.32. The minimum atomic E-state index is -0.482. The minimum absolute atomic E-state index is 0. The zero-order chi connectivity index (χ0) is 18.1. The van der Waals surface area contributed by atoms with Crippen molar-refractivity contribution in [1.82, 2.24) is 10.6 Å². The van der Waals surface area contributed by atoms with E-state index in [9.17, 15) is 8.78 Å². The Balaban J connectivity index is 0.00000338. The fourth-order valence-corrected chi connectivity index (χ4v) is 2.64. The molecule has 0 heterocycles. The molecule has 1 aliphatic carbocycles. The van der Waals surface area contributed by atoms with Crippen LogP contribution >= 0.6 is 24.0 Å². The average molecular weight is 483 g/mol. The summed E-state index contributed by atoms with van der Waals surface area (Å²) in [6, 6.07) is 3.99. The van der Waals surface area contributed by atoms with Crippen LogP contribution in [0.15, 0.2) is 23.2 Å². The van der Waals surface area contributed by atoms with Crippen LogP contribution in [0, 0.1) is 11.6 Å². The second-order valence-corrected chi connectivity index (χ2v) is 5.95. The van der Waals surface area contributed by atoms with Crippen LogP contribution in [0.25, 0.3) is 0 Å². The van der Waals surface area contributed by atoms with Crippen molar-refractivity contribution in [1.29, 1.82) is 0 Å². The van der Waals surface area contributed by atoms with Gasteiger partial charge >= 0.3 is 0 Å². The standard InChI is InChI=1S/C18H27F2N3O2.HI/c1-3-21-18(22-8-5-9-25-11-10-24-2)23-16-12-13(16)17-14(19)6-4-7-15(17)20;/h4,6-7,13,16H,3,5,8-12H2,1-2H3,(H2,21,22,23);1H. The monoisotopic (exact) mass is 483 g/mol. The lowest BCUT2D eigenvalue weighted by Gasteiger charge is -2.12. The second-order valence-electron chi connectivity index (χ2n) is 5.95. The first-order chi connectivity index (χ1) is 12.2. The van der Waals surface area contributed by atoms with E-state index in [1.165, 1.54) is 18.2 Å². The summed E-state index contributed by atoms with van der Waals surface area (Å²) < 4.78 is 38.0. The molecule has 1 saturated carbocycles. The molecule has 1 fully saturated rings. The topological polar surface area (TPSA) is 54.9 Å². The first kappa shape index (κ1) is 23.0. The van der Waals surface area contributed by atoms with Crippen molar-refractivity contribution >= 4 is 29.9 Å². The first-order valence-electron chi connectivity index (χ1n) is 8.72. The van der Waals surface area contributed by atoms with E-state index in [2.05, 4.69) is 15.6 Å². The summed E-state index contributed by atoms with van der Waals surface area (Å²) >= 11 is 0. The molecule has 5 nitrogen and oxygen atoms in total. The molecule has 2 rings (SSSR count). The normalized spacial score (nSPS) is 19.0. The van der Waals surface area contributed by atoms with Crippen molar-refractivity contribution in [3.8, 4) is 0 Å². The van der Waals surface area contributed by atoms with Crippen LogP contribution < -0.4 is 10.6 Å². The van der Waals surface area contributed by atoms with Gasteiger partial charge in [-0.1, -0.05) is 6.07 Å². The molecule has 0 amide bonds. The van der Waals surface area contributed by atoms with Gasteiger partial charge in [0.1, 0.15) is 11.6 Å². The summed E-state index contributed by atoms with van der Waals surface area (Å²) in [7, 11) is 1.64. The molecule has 0 aromatic heterocycles. The smallest absolute Gasteiger partial charge is 0.191 e. The molecule has 0 saturated heterocycles. The lowest BCUT2D eigenvalue weighted by molar-refractivity contribution is 0.0702. The van der Waals surface area contributed by atoms with Gasteiger partial charge < -0.3 is 20.1 Å². The zero-order valence-electron chi connectivity index (χ0n) is 15.3. The Morgan fingerprint density at radius 1 is 1.23 bits per heavy atom. The second kappa shape index (κ2) is 12.4. The Morgan fingerprint density at radius 2 is 1.96 bits per heavy atom. The van der Waals surface area contributed by atoms with Crippen molar-refractivity contribution in [2.24, 2.45) is 4.99 Å². The number of benzene rings is 1. The van der Waals surface area contributed by atoms with Crippen LogP contribution in [0.2, 0.25) is 0 Å². The summed E-state index contributed by atoms with van der Waals surface area (Å²) in [5.74, 6) is -0.444.